The molecule has 2 rings (SSSR count). The zero-order valence-electron chi connectivity index (χ0n) is 19.1. The fraction of sp³-hybridized carbons (Fsp3) is 0.333. The second-order valence-corrected chi connectivity index (χ2v) is 7.21. The van der Waals surface area contributed by atoms with Gasteiger partial charge in [0.2, 0.25) is 0 Å². The molecule has 33 heavy (non-hydrogen) atoms. The van der Waals surface area contributed by atoms with Gasteiger partial charge in [0.15, 0.2) is 0 Å². The average Bonchev–Trinajstić information content (AvgIpc) is 2.78. The molecule has 0 fully saturated rings. The summed E-state index contributed by atoms with van der Waals surface area (Å²) in [6.45, 7) is 10.9. The van der Waals surface area contributed by atoms with Crippen molar-refractivity contribution in [1.82, 2.24) is 0 Å². The van der Waals surface area contributed by atoms with Crippen LogP contribution in [0.15, 0.2) is 48.5 Å². The van der Waals surface area contributed by atoms with Crippen molar-refractivity contribution in [3.63, 3.8) is 0 Å². The van der Waals surface area contributed by atoms with E-state index in [1.807, 2.05) is 27.7 Å². The van der Waals surface area contributed by atoms with E-state index in [0.29, 0.717) is 11.5 Å². The average molecular weight is 460 g/mol. The van der Waals surface area contributed by atoms with E-state index < -0.39 is 18.2 Å². The molecule has 2 aromatic carbocycles. The molecule has 9 heteroatoms. The van der Waals surface area contributed by atoms with Gasteiger partial charge in [0.25, 0.3) is 0 Å². The van der Waals surface area contributed by atoms with E-state index in [0.717, 1.165) is 0 Å². The standard InChI is InChI=1S/C24H28O9/c1-6-27-15-22(30-32-23(25)18-7-11-20(12-8-18)28-16(2)3)31-33-24(26)19-9-13-21(14-10-19)29-17(4)5/h7-14,16-17H,1,6,15H2,2-5H3. The highest BCUT2D eigenvalue weighted by molar-refractivity contribution is 5.89. The molecule has 2 aromatic rings. The number of benzene rings is 2. The highest BCUT2D eigenvalue weighted by Crippen LogP contribution is 2.17. The van der Waals surface area contributed by atoms with E-state index in [1.165, 1.54) is 24.3 Å². The van der Waals surface area contributed by atoms with E-state index in [4.69, 9.17) is 33.8 Å². The van der Waals surface area contributed by atoms with Gasteiger partial charge in [-0.15, -0.1) is 9.78 Å². The Morgan fingerprint density at radius 3 is 1.42 bits per heavy atom. The highest BCUT2D eigenvalue weighted by atomic mass is 17.3. The summed E-state index contributed by atoms with van der Waals surface area (Å²) in [6, 6.07) is 12.6. The third-order valence-corrected chi connectivity index (χ3v) is 3.71. The lowest BCUT2D eigenvalue weighted by atomic mass is 10.2. The number of rotatable bonds is 13. The molecule has 0 saturated heterocycles. The van der Waals surface area contributed by atoms with E-state index in [-0.39, 0.29) is 36.5 Å². The number of hydrogen-bond donors (Lipinski definition) is 0. The van der Waals surface area contributed by atoms with Crippen molar-refractivity contribution in [3.8, 4) is 11.5 Å². The van der Waals surface area contributed by atoms with Gasteiger partial charge >= 0.3 is 18.2 Å². The predicted octanol–water partition coefficient (Wildman–Crippen LogP) is 4.48. The lowest BCUT2D eigenvalue weighted by molar-refractivity contribution is -0.368. The van der Waals surface area contributed by atoms with E-state index in [2.05, 4.69) is 6.92 Å². The highest BCUT2D eigenvalue weighted by Gasteiger charge is 2.22. The number of hydrogen-bond acceptors (Lipinski definition) is 9. The van der Waals surface area contributed by atoms with Crippen molar-refractivity contribution in [1.29, 1.82) is 0 Å². The van der Waals surface area contributed by atoms with Gasteiger partial charge in [0, 0.05) is 6.61 Å². The van der Waals surface area contributed by atoms with Gasteiger partial charge in [-0.2, -0.15) is 0 Å². The zero-order valence-corrected chi connectivity index (χ0v) is 19.1. The summed E-state index contributed by atoms with van der Waals surface area (Å²) in [5, 5.41) is 0. The van der Waals surface area contributed by atoms with Crippen LogP contribution in [0.4, 0.5) is 0 Å². The monoisotopic (exact) mass is 460 g/mol. The van der Waals surface area contributed by atoms with E-state index in [1.54, 1.807) is 24.3 Å². The fourth-order valence-corrected chi connectivity index (χ4v) is 2.37. The Hall–Kier alpha value is -3.14. The molecule has 0 spiro atoms. The molecular formula is C24H28O9. The molecule has 0 saturated carbocycles. The molecule has 9 nitrogen and oxygen atoms in total. The first-order chi connectivity index (χ1) is 15.8. The molecule has 0 N–H and O–H groups in total. The lowest BCUT2D eigenvalue weighted by Crippen LogP contribution is -2.20. The maximum absolute atomic E-state index is 12.2. The predicted molar refractivity (Wildman–Crippen MR) is 117 cm³/mol. The summed E-state index contributed by atoms with van der Waals surface area (Å²) in [4.78, 5) is 43.6. The summed E-state index contributed by atoms with van der Waals surface area (Å²) in [5.41, 5.74) is 0.425. The van der Waals surface area contributed by atoms with Crippen LogP contribution < -0.4 is 9.47 Å². The van der Waals surface area contributed by atoms with Gasteiger partial charge in [0.05, 0.1) is 23.3 Å². The Bertz CT molecular complexity index is 791. The Kier molecular flexibility index (Phi) is 10.6. The molecule has 0 aliphatic heterocycles. The van der Waals surface area contributed by atoms with Crippen LogP contribution in [-0.2, 0) is 24.3 Å². The maximum atomic E-state index is 12.2. The van der Waals surface area contributed by atoms with Gasteiger partial charge in [-0.3, -0.25) is 9.78 Å². The third-order valence-electron chi connectivity index (χ3n) is 3.71. The third kappa shape index (κ3) is 9.48. The van der Waals surface area contributed by atoms with Crippen molar-refractivity contribution in [3.05, 3.63) is 72.9 Å². The summed E-state index contributed by atoms with van der Waals surface area (Å²) >= 11 is 0. The van der Waals surface area contributed by atoms with Crippen LogP contribution in [0.5, 0.6) is 11.5 Å². The quantitative estimate of drug-likeness (QED) is 0.316. The minimum atomic E-state index is -0.797. The molecule has 2 radical (unpaired) electrons. The van der Waals surface area contributed by atoms with Crippen LogP contribution >= 0.6 is 0 Å². The first-order valence-corrected chi connectivity index (χ1v) is 10.3. The molecule has 0 aliphatic rings. The number of ether oxygens (including phenoxy) is 3. The van der Waals surface area contributed by atoms with Crippen LogP contribution in [-0.4, -0.2) is 37.4 Å². The van der Waals surface area contributed by atoms with Crippen molar-refractivity contribution < 1.29 is 43.3 Å². The van der Waals surface area contributed by atoms with Gasteiger partial charge in [-0.25, -0.2) is 9.59 Å². The maximum Gasteiger partial charge on any atom is 0.373 e. The molecular weight excluding hydrogens is 432 g/mol. The van der Waals surface area contributed by atoms with Gasteiger partial charge in [-0.1, -0.05) is 0 Å². The van der Waals surface area contributed by atoms with Crippen molar-refractivity contribution >= 4 is 11.9 Å². The minimum Gasteiger partial charge on any atom is -0.491 e. The number of carbonyl (C=O) groups excluding carboxylic acids is 2. The molecule has 0 atom stereocenters. The molecule has 0 bridgehead atoms. The first-order valence-electron chi connectivity index (χ1n) is 10.3. The summed E-state index contributed by atoms with van der Waals surface area (Å²) in [5.74, 6) is -0.377. The summed E-state index contributed by atoms with van der Waals surface area (Å²) in [6.07, 6.45) is -0.398. The number of carbonyl (C=O) groups is 2. The minimum absolute atomic E-state index is 0.00233. The largest absolute Gasteiger partial charge is 0.491 e. The lowest BCUT2D eigenvalue weighted by Gasteiger charge is -2.14. The Labute approximate surface area is 193 Å². The molecule has 178 valence electrons. The summed E-state index contributed by atoms with van der Waals surface area (Å²) in [7, 11) is 0. The summed E-state index contributed by atoms with van der Waals surface area (Å²) < 4.78 is 16.1. The Morgan fingerprint density at radius 2 is 1.09 bits per heavy atom. The Morgan fingerprint density at radius 1 is 0.697 bits per heavy atom. The smallest absolute Gasteiger partial charge is 0.373 e. The van der Waals surface area contributed by atoms with Crippen LogP contribution in [0.25, 0.3) is 0 Å². The van der Waals surface area contributed by atoms with Crippen LogP contribution in [0.2, 0.25) is 0 Å². The Balaban J connectivity index is 1.88. The second-order valence-electron chi connectivity index (χ2n) is 7.21. The van der Waals surface area contributed by atoms with E-state index in [9.17, 15) is 9.59 Å². The van der Waals surface area contributed by atoms with Gasteiger partial charge in [0.1, 0.15) is 18.1 Å². The van der Waals surface area contributed by atoms with E-state index >= 15 is 0 Å². The van der Waals surface area contributed by atoms with Crippen molar-refractivity contribution in [2.24, 2.45) is 0 Å². The van der Waals surface area contributed by atoms with Gasteiger partial charge < -0.3 is 14.2 Å². The zero-order chi connectivity index (χ0) is 24.2. The van der Waals surface area contributed by atoms with Crippen molar-refractivity contribution in [2.75, 3.05) is 13.2 Å². The fourth-order valence-electron chi connectivity index (χ4n) is 2.37. The molecule has 0 aliphatic carbocycles. The normalized spacial score (nSPS) is 11.0. The van der Waals surface area contributed by atoms with Crippen molar-refractivity contribution in [2.45, 2.75) is 39.9 Å². The molecule has 0 amide bonds. The first kappa shape index (κ1) is 26.1. The molecule has 0 unspecified atom stereocenters. The van der Waals surface area contributed by atoms with Crippen LogP contribution in [0.1, 0.15) is 48.4 Å². The SMILES string of the molecule is [CH2]COC[C](OOC(=O)c1ccc(OC(C)C)cc1)OOC(=O)c1ccc(OC(C)C)cc1. The molecule has 0 heterocycles. The molecule has 0 aromatic heterocycles. The van der Waals surface area contributed by atoms with Crippen LogP contribution in [0.3, 0.4) is 0 Å². The topological polar surface area (TPSA) is 98.8 Å². The van der Waals surface area contributed by atoms with Gasteiger partial charge in [-0.05, 0) is 83.1 Å². The second kappa shape index (κ2) is 13.4. The van der Waals surface area contributed by atoms with Crippen LogP contribution in [0, 0.1) is 13.2 Å².